The van der Waals surface area contributed by atoms with Crippen LogP contribution in [0.3, 0.4) is 0 Å². The molecule has 3 atom stereocenters. The highest BCUT2D eigenvalue weighted by atomic mass is 32.2. The van der Waals surface area contributed by atoms with Crippen molar-refractivity contribution in [3.8, 4) is 0 Å². The molecule has 170 valence electrons. The second-order valence-electron chi connectivity index (χ2n) is 9.67. The first kappa shape index (κ1) is 24.4. The Bertz CT molecular complexity index is 652. The normalized spacial score (nSPS) is 27.8. The monoisotopic (exact) mass is 433 g/mol. The van der Waals surface area contributed by atoms with E-state index in [1.165, 1.54) is 0 Å². The topological polar surface area (TPSA) is 79.4 Å². The third-order valence-corrected chi connectivity index (χ3v) is 7.16. The molecule has 0 saturated carbocycles. The Labute approximate surface area is 176 Å². The van der Waals surface area contributed by atoms with Crippen LogP contribution in [0.4, 0.5) is 4.79 Å². The molecule has 0 radical (unpaired) electrons. The Morgan fingerprint density at radius 2 is 1.72 bits per heavy atom. The largest absolute Gasteiger partial charge is 0.444 e. The summed E-state index contributed by atoms with van der Waals surface area (Å²) in [5, 5.41) is 0. The van der Waals surface area contributed by atoms with Crippen LogP contribution in [0.25, 0.3) is 0 Å². The van der Waals surface area contributed by atoms with Gasteiger partial charge in [-0.1, -0.05) is 0 Å². The number of piperidine rings is 1. The quantitative estimate of drug-likeness (QED) is 0.666. The SMILES string of the molecule is CC1CN(S(=O)(=O)N2CCCC(CN(C(=O)OC(C)(C)C)C(C)C)C2)CC(C)O1. The molecule has 0 aromatic carbocycles. The average Bonchev–Trinajstić information content (AvgIpc) is 2.57. The zero-order valence-corrected chi connectivity index (χ0v) is 19.9. The molecule has 2 rings (SSSR count). The number of carbonyl (C=O) groups is 1. The third kappa shape index (κ3) is 6.80. The molecule has 0 bridgehead atoms. The van der Waals surface area contributed by atoms with Gasteiger partial charge < -0.3 is 14.4 Å². The van der Waals surface area contributed by atoms with Crippen LogP contribution in [0.2, 0.25) is 0 Å². The van der Waals surface area contributed by atoms with Gasteiger partial charge in [0.1, 0.15) is 5.60 Å². The predicted octanol–water partition coefficient (Wildman–Crippen LogP) is 2.70. The summed E-state index contributed by atoms with van der Waals surface area (Å²) >= 11 is 0. The van der Waals surface area contributed by atoms with Crippen molar-refractivity contribution >= 4 is 16.3 Å². The first-order chi connectivity index (χ1) is 13.3. The van der Waals surface area contributed by atoms with Crippen molar-refractivity contribution in [1.82, 2.24) is 13.5 Å². The van der Waals surface area contributed by atoms with Gasteiger partial charge in [-0.25, -0.2) is 4.79 Å². The van der Waals surface area contributed by atoms with E-state index in [2.05, 4.69) is 0 Å². The molecular weight excluding hydrogens is 394 g/mol. The third-order valence-electron chi connectivity index (χ3n) is 5.23. The molecule has 2 heterocycles. The maximum atomic E-state index is 13.2. The van der Waals surface area contributed by atoms with Crippen molar-refractivity contribution in [2.45, 2.75) is 85.2 Å². The van der Waals surface area contributed by atoms with Gasteiger partial charge in [-0.3, -0.25) is 0 Å². The molecule has 0 aliphatic carbocycles. The zero-order valence-electron chi connectivity index (χ0n) is 19.1. The number of rotatable bonds is 5. The fraction of sp³-hybridized carbons (Fsp3) is 0.950. The summed E-state index contributed by atoms with van der Waals surface area (Å²) in [7, 11) is -3.54. The van der Waals surface area contributed by atoms with Crippen LogP contribution in [0.1, 0.15) is 61.3 Å². The second kappa shape index (κ2) is 9.49. The number of hydrogen-bond donors (Lipinski definition) is 0. The van der Waals surface area contributed by atoms with Gasteiger partial charge in [0.2, 0.25) is 0 Å². The van der Waals surface area contributed by atoms with Crippen LogP contribution in [-0.2, 0) is 19.7 Å². The summed E-state index contributed by atoms with van der Waals surface area (Å²) in [6.45, 7) is 15.5. The molecule has 2 fully saturated rings. The highest BCUT2D eigenvalue weighted by molar-refractivity contribution is 7.86. The standard InChI is InChI=1S/C20H39N3O5S/c1-15(2)23(19(24)28-20(5,6)7)14-18-9-8-10-21(13-18)29(25,26)22-11-16(3)27-17(4)12-22/h15-18H,8-14H2,1-7H3. The lowest BCUT2D eigenvalue weighted by Crippen LogP contribution is -2.55. The van der Waals surface area contributed by atoms with Crippen LogP contribution < -0.4 is 0 Å². The lowest BCUT2D eigenvalue weighted by Gasteiger charge is -2.41. The van der Waals surface area contributed by atoms with E-state index in [9.17, 15) is 13.2 Å². The molecule has 1 amide bonds. The molecule has 0 aromatic heterocycles. The van der Waals surface area contributed by atoms with E-state index in [0.29, 0.717) is 32.7 Å². The number of carbonyl (C=O) groups excluding carboxylic acids is 1. The van der Waals surface area contributed by atoms with E-state index < -0.39 is 15.8 Å². The summed E-state index contributed by atoms with van der Waals surface area (Å²) in [6.07, 6.45) is 1.12. The van der Waals surface area contributed by atoms with E-state index in [1.54, 1.807) is 13.5 Å². The van der Waals surface area contributed by atoms with Crippen molar-refractivity contribution in [2.75, 3.05) is 32.7 Å². The molecule has 2 saturated heterocycles. The molecule has 3 unspecified atom stereocenters. The highest BCUT2D eigenvalue weighted by Crippen LogP contribution is 2.25. The molecule has 2 aliphatic heterocycles. The van der Waals surface area contributed by atoms with Gasteiger partial charge in [-0.15, -0.1) is 0 Å². The minimum absolute atomic E-state index is 0.0159. The summed E-state index contributed by atoms with van der Waals surface area (Å²) in [4.78, 5) is 14.3. The van der Waals surface area contributed by atoms with Crippen LogP contribution in [0, 0.1) is 5.92 Å². The Morgan fingerprint density at radius 3 is 2.24 bits per heavy atom. The maximum absolute atomic E-state index is 13.2. The lowest BCUT2D eigenvalue weighted by atomic mass is 9.98. The molecule has 0 aromatic rings. The fourth-order valence-corrected chi connectivity index (χ4v) is 5.84. The summed E-state index contributed by atoms with van der Waals surface area (Å²) in [6, 6.07) is -0.0159. The van der Waals surface area contributed by atoms with Gasteiger partial charge in [-0.05, 0) is 67.2 Å². The van der Waals surface area contributed by atoms with Crippen molar-refractivity contribution in [3.63, 3.8) is 0 Å². The van der Waals surface area contributed by atoms with Crippen molar-refractivity contribution in [1.29, 1.82) is 0 Å². The number of nitrogens with zero attached hydrogens (tertiary/aromatic N) is 3. The van der Waals surface area contributed by atoms with Gasteiger partial charge in [0.25, 0.3) is 10.2 Å². The van der Waals surface area contributed by atoms with E-state index in [0.717, 1.165) is 12.8 Å². The minimum atomic E-state index is -3.54. The van der Waals surface area contributed by atoms with E-state index in [1.807, 2.05) is 48.5 Å². The molecule has 2 aliphatic rings. The van der Waals surface area contributed by atoms with Gasteiger partial charge >= 0.3 is 6.09 Å². The van der Waals surface area contributed by atoms with Crippen LogP contribution in [0.15, 0.2) is 0 Å². The molecule has 0 N–H and O–H groups in total. The molecule has 0 spiro atoms. The van der Waals surface area contributed by atoms with Crippen molar-refractivity contribution in [2.24, 2.45) is 5.92 Å². The molecular formula is C20H39N3O5S. The van der Waals surface area contributed by atoms with E-state index in [-0.39, 0.29) is 30.3 Å². The van der Waals surface area contributed by atoms with Crippen LogP contribution in [-0.4, -0.2) is 84.6 Å². The Balaban J connectivity index is 2.06. The van der Waals surface area contributed by atoms with E-state index in [4.69, 9.17) is 9.47 Å². The smallest absolute Gasteiger partial charge is 0.410 e. The van der Waals surface area contributed by atoms with Crippen LogP contribution in [0.5, 0.6) is 0 Å². The second-order valence-corrected chi connectivity index (χ2v) is 11.6. The Kier molecular flexibility index (Phi) is 7.98. The molecule has 29 heavy (non-hydrogen) atoms. The maximum Gasteiger partial charge on any atom is 0.410 e. The Hall–Kier alpha value is -0.900. The molecule has 8 nitrogen and oxygen atoms in total. The summed E-state index contributed by atoms with van der Waals surface area (Å²) < 4.78 is 40.8. The highest BCUT2D eigenvalue weighted by Gasteiger charge is 2.38. The predicted molar refractivity (Wildman–Crippen MR) is 113 cm³/mol. The molecule has 9 heteroatoms. The number of morpholine rings is 1. The van der Waals surface area contributed by atoms with Crippen molar-refractivity contribution < 1.29 is 22.7 Å². The zero-order chi connectivity index (χ0) is 22.0. The lowest BCUT2D eigenvalue weighted by molar-refractivity contribution is -0.0458. The van der Waals surface area contributed by atoms with Gasteiger partial charge in [0, 0.05) is 38.8 Å². The van der Waals surface area contributed by atoms with Gasteiger partial charge in [-0.2, -0.15) is 17.0 Å². The van der Waals surface area contributed by atoms with Gasteiger partial charge in [0.05, 0.1) is 12.2 Å². The van der Waals surface area contributed by atoms with Crippen molar-refractivity contribution in [3.05, 3.63) is 0 Å². The number of amides is 1. The first-order valence-electron chi connectivity index (χ1n) is 10.7. The number of ether oxygens (including phenoxy) is 2. The van der Waals surface area contributed by atoms with Crippen LogP contribution >= 0.6 is 0 Å². The average molecular weight is 434 g/mol. The minimum Gasteiger partial charge on any atom is -0.444 e. The van der Waals surface area contributed by atoms with E-state index >= 15 is 0 Å². The number of hydrogen-bond acceptors (Lipinski definition) is 5. The summed E-state index contributed by atoms with van der Waals surface area (Å²) in [5.41, 5.74) is -0.560. The summed E-state index contributed by atoms with van der Waals surface area (Å²) in [5.74, 6) is 0.0873. The first-order valence-corrected chi connectivity index (χ1v) is 12.1. The fourth-order valence-electron chi connectivity index (χ4n) is 3.96. The van der Waals surface area contributed by atoms with Gasteiger partial charge in [0.15, 0.2) is 0 Å². The Morgan fingerprint density at radius 1 is 1.14 bits per heavy atom.